The summed E-state index contributed by atoms with van der Waals surface area (Å²) in [4.78, 5) is 23.2. The molecule has 0 aromatic heterocycles. The lowest BCUT2D eigenvalue weighted by Gasteiger charge is -2.22. The van der Waals surface area contributed by atoms with Crippen molar-refractivity contribution in [3.63, 3.8) is 0 Å². The maximum absolute atomic E-state index is 11.8. The van der Waals surface area contributed by atoms with Gasteiger partial charge in [-0.15, -0.1) is 0 Å². The number of fused-ring (bicyclic) bond motifs is 1. The van der Waals surface area contributed by atoms with Crippen LogP contribution in [0.5, 0.6) is 0 Å². The van der Waals surface area contributed by atoms with E-state index in [9.17, 15) is 19.7 Å². The summed E-state index contributed by atoms with van der Waals surface area (Å²) in [5.74, 6) is -1.14. The minimum Gasteiger partial charge on any atom is -0.480 e. The van der Waals surface area contributed by atoms with Gasteiger partial charge in [0, 0.05) is 13.0 Å². The number of carboxylic acid groups (broad SMARTS) is 1. The predicted molar refractivity (Wildman–Crippen MR) is 85.4 cm³/mol. The second-order valence-corrected chi connectivity index (χ2v) is 6.51. The molecule has 0 saturated heterocycles. The molecule has 7 nitrogen and oxygen atoms in total. The fourth-order valence-electron chi connectivity index (χ4n) is 2.50. The number of aliphatic carboxylic acids is 1. The quantitative estimate of drug-likeness (QED) is 0.582. The molecule has 0 fully saturated rings. The van der Waals surface area contributed by atoms with E-state index in [1.165, 1.54) is 0 Å². The predicted octanol–water partition coefficient (Wildman–Crippen LogP) is -0.00230. The van der Waals surface area contributed by atoms with Crippen molar-refractivity contribution in [2.75, 3.05) is 0 Å². The first-order valence-electron chi connectivity index (χ1n) is 7.42. The molecular formula is C15H21BN2O5. The minimum atomic E-state index is -1.14. The normalized spacial score (nSPS) is 15.0. The average Bonchev–Trinajstić information content (AvgIpc) is 2.79. The summed E-state index contributed by atoms with van der Waals surface area (Å²) in [6.07, 6.45) is -0.651. The van der Waals surface area contributed by atoms with Gasteiger partial charge in [0.1, 0.15) is 11.6 Å². The highest BCUT2D eigenvalue weighted by Gasteiger charge is 2.29. The number of hydrogen-bond acceptors (Lipinski definition) is 5. The molecule has 0 bridgehead atoms. The molecule has 0 unspecified atom stereocenters. The molecule has 124 valence electrons. The van der Waals surface area contributed by atoms with Crippen LogP contribution in [0.4, 0.5) is 4.79 Å². The van der Waals surface area contributed by atoms with Gasteiger partial charge >= 0.3 is 19.1 Å². The zero-order chi connectivity index (χ0) is 17.2. The van der Waals surface area contributed by atoms with Crippen LogP contribution in [0.15, 0.2) is 18.2 Å². The van der Waals surface area contributed by atoms with Gasteiger partial charge in [0.25, 0.3) is 0 Å². The maximum Gasteiger partial charge on any atom is 0.413 e. The Hall–Kier alpha value is -2.06. The van der Waals surface area contributed by atoms with Crippen molar-refractivity contribution in [3.8, 4) is 0 Å². The summed E-state index contributed by atoms with van der Waals surface area (Å²) in [7, 11) is -0.743. The number of hydrogen-bond donors (Lipinski definition) is 4. The first-order valence-corrected chi connectivity index (χ1v) is 7.42. The van der Waals surface area contributed by atoms with Gasteiger partial charge in [0.15, 0.2) is 0 Å². The minimum absolute atomic E-state index is 0.117. The smallest absolute Gasteiger partial charge is 0.413 e. The van der Waals surface area contributed by atoms with Crippen LogP contribution in [0.3, 0.4) is 0 Å². The van der Waals surface area contributed by atoms with Crippen molar-refractivity contribution in [1.82, 2.24) is 10.5 Å². The van der Waals surface area contributed by atoms with Crippen LogP contribution in [0, 0.1) is 0 Å². The molecule has 4 N–H and O–H groups in total. The second-order valence-electron chi connectivity index (χ2n) is 6.51. The molecule has 8 heteroatoms. The molecule has 23 heavy (non-hydrogen) atoms. The van der Waals surface area contributed by atoms with Crippen molar-refractivity contribution >= 4 is 24.6 Å². The third kappa shape index (κ3) is 4.46. The van der Waals surface area contributed by atoms with E-state index in [1.54, 1.807) is 39.0 Å². The first kappa shape index (κ1) is 17.3. The number of benzene rings is 1. The van der Waals surface area contributed by atoms with Crippen LogP contribution in [0.1, 0.15) is 31.9 Å². The Morgan fingerprint density at radius 1 is 1.43 bits per heavy atom. The molecule has 1 aromatic rings. The SMILES string of the molecule is CC(C)(C)OC(=O)N[C@@H](Cc1cccc2c1CNB2O)C(=O)O. The molecule has 0 spiro atoms. The molecule has 0 radical (unpaired) electrons. The highest BCUT2D eigenvalue weighted by molar-refractivity contribution is 6.65. The topological polar surface area (TPSA) is 108 Å². The van der Waals surface area contributed by atoms with Gasteiger partial charge in [0.2, 0.25) is 0 Å². The molecule has 1 heterocycles. The van der Waals surface area contributed by atoms with Crippen LogP contribution in [-0.4, -0.2) is 40.9 Å². The van der Waals surface area contributed by atoms with Gasteiger partial charge in [-0.25, -0.2) is 9.59 Å². The van der Waals surface area contributed by atoms with Crippen molar-refractivity contribution < 1.29 is 24.5 Å². The van der Waals surface area contributed by atoms with E-state index in [0.717, 1.165) is 16.6 Å². The Balaban J connectivity index is 2.12. The van der Waals surface area contributed by atoms with E-state index in [0.29, 0.717) is 6.54 Å². The highest BCUT2D eigenvalue weighted by Crippen LogP contribution is 2.14. The zero-order valence-electron chi connectivity index (χ0n) is 13.4. The van der Waals surface area contributed by atoms with Crippen molar-refractivity contribution in [2.45, 2.75) is 45.4 Å². The van der Waals surface area contributed by atoms with E-state index >= 15 is 0 Å². The highest BCUT2D eigenvalue weighted by atomic mass is 16.6. The summed E-state index contributed by atoms with van der Waals surface area (Å²) in [6, 6.07) is 4.25. The molecule has 0 aliphatic carbocycles. The molecule has 1 aliphatic heterocycles. The molecule has 0 saturated carbocycles. The summed E-state index contributed by atoms with van der Waals surface area (Å²) < 4.78 is 5.10. The third-order valence-electron chi connectivity index (χ3n) is 3.49. The number of carbonyl (C=O) groups excluding carboxylic acids is 1. The number of nitrogens with one attached hydrogen (secondary N) is 2. The Kier molecular flexibility index (Phi) is 4.96. The lowest BCUT2D eigenvalue weighted by molar-refractivity contribution is -0.139. The van der Waals surface area contributed by atoms with Crippen molar-refractivity contribution in [1.29, 1.82) is 0 Å². The number of rotatable bonds is 4. The molecule has 1 aliphatic rings. The van der Waals surface area contributed by atoms with Crippen LogP contribution < -0.4 is 16.0 Å². The van der Waals surface area contributed by atoms with E-state index in [2.05, 4.69) is 10.5 Å². The largest absolute Gasteiger partial charge is 0.480 e. The van der Waals surface area contributed by atoms with Crippen LogP contribution in [0.25, 0.3) is 0 Å². The summed E-state index contributed by atoms with van der Waals surface area (Å²) in [5, 5.41) is 24.4. The monoisotopic (exact) mass is 320 g/mol. The fraction of sp³-hybridized carbons (Fsp3) is 0.467. The van der Waals surface area contributed by atoms with E-state index in [4.69, 9.17) is 4.74 Å². The summed E-state index contributed by atoms with van der Waals surface area (Å²) in [5.41, 5.74) is 1.69. The molecule has 1 amide bonds. The summed E-state index contributed by atoms with van der Waals surface area (Å²) >= 11 is 0. The fourth-order valence-corrected chi connectivity index (χ4v) is 2.50. The van der Waals surface area contributed by atoms with Gasteiger partial charge in [0.05, 0.1) is 0 Å². The summed E-state index contributed by atoms with van der Waals surface area (Å²) in [6.45, 7) is 5.59. The molecule has 1 aromatic carbocycles. The second kappa shape index (κ2) is 6.60. The number of carbonyl (C=O) groups is 2. The third-order valence-corrected chi connectivity index (χ3v) is 3.49. The standard InChI is InChI=1S/C15H21BN2O5/c1-15(2,3)23-14(21)18-12(13(19)20)7-9-5-4-6-11-10(9)8-17-16(11)22/h4-6,12,17,22H,7-8H2,1-3H3,(H,18,21)(H,19,20)/t12-/m0/s1. The lowest BCUT2D eigenvalue weighted by Crippen LogP contribution is -2.45. The lowest BCUT2D eigenvalue weighted by atomic mass is 9.75. The molecular weight excluding hydrogens is 299 g/mol. The van der Waals surface area contributed by atoms with Crippen LogP contribution in [0.2, 0.25) is 0 Å². The number of ether oxygens (including phenoxy) is 1. The first-order chi connectivity index (χ1) is 10.7. The van der Waals surface area contributed by atoms with Gasteiger partial charge < -0.3 is 25.4 Å². The van der Waals surface area contributed by atoms with Gasteiger partial charge in [-0.2, -0.15) is 0 Å². The maximum atomic E-state index is 11.8. The van der Waals surface area contributed by atoms with Crippen LogP contribution >= 0.6 is 0 Å². The van der Waals surface area contributed by atoms with Crippen molar-refractivity contribution in [2.24, 2.45) is 0 Å². The Labute approximate surface area is 135 Å². The number of carboxylic acids is 1. The Morgan fingerprint density at radius 3 is 2.74 bits per heavy atom. The van der Waals surface area contributed by atoms with Gasteiger partial charge in [-0.1, -0.05) is 18.2 Å². The Bertz CT molecular complexity index is 614. The zero-order valence-corrected chi connectivity index (χ0v) is 13.4. The van der Waals surface area contributed by atoms with Crippen molar-refractivity contribution in [3.05, 3.63) is 29.3 Å². The van der Waals surface area contributed by atoms with Gasteiger partial charge in [-0.3, -0.25) is 0 Å². The number of amides is 1. The molecule has 1 atom stereocenters. The van der Waals surface area contributed by atoms with E-state index < -0.39 is 30.8 Å². The van der Waals surface area contributed by atoms with E-state index in [-0.39, 0.29) is 6.42 Å². The molecule has 2 rings (SSSR count). The average molecular weight is 320 g/mol. The van der Waals surface area contributed by atoms with E-state index in [1.807, 2.05) is 0 Å². The van der Waals surface area contributed by atoms with Gasteiger partial charge in [-0.05, 0) is 37.4 Å². The number of alkyl carbamates (subject to hydrolysis) is 1. The Morgan fingerprint density at radius 2 is 2.13 bits per heavy atom. The van der Waals surface area contributed by atoms with Crippen LogP contribution in [-0.2, 0) is 22.5 Å².